The molecule has 47 heavy (non-hydrogen) atoms. The SMILES string of the molecule is CC(C)(C)OC(=O)NCC1CCC(C(=O)N[C@@H](CCc2ccccc2)C(=O)Nc2ccc(CC(=O)OCc3ccccc3)cc2)CC1. The molecule has 250 valence electrons. The van der Waals surface area contributed by atoms with Crippen LogP contribution in [0.2, 0.25) is 0 Å². The van der Waals surface area contributed by atoms with E-state index in [-0.39, 0.29) is 42.6 Å². The zero-order valence-electron chi connectivity index (χ0n) is 27.6. The number of rotatable bonds is 13. The lowest BCUT2D eigenvalue weighted by Crippen LogP contribution is -2.47. The highest BCUT2D eigenvalue weighted by Gasteiger charge is 2.30. The van der Waals surface area contributed by atoms with E-state index < -0.39 is 17.7 Å². The molecule has 1 fully saturated rings. The molecule has 1 aliphatic carbocycles. The summed E-state index contributed by atoms with van der Waals surface area (Å²) in [4.78, 5) is 51.2. The number of nitrogens with one attached hydrogen (secondary N) is 3. The first-order chi connectivity index (χ1) is 22.5. The molecule has 0 aromatic heterocycles. The summed E-state index contributed by atoms with van der Waals surface area (Å²) in [6.45, 7) is 6.22. The summed E-state index contributed by atoms with van der Waals surface area (Å²) in [6.07, 6.45) is 3.76. The van der Waals surface area contributed by atoms with Gasteiger partial charge in [-0.2, -0.15) is 0 Å². The molecule has 1 atom stereocenters. The second-order valence-corrected chi connectivity index (χ2v) is 13.2. The number of carbonyl (C=O) groups excluding carboxylic acids is 4. The molecule has 1 saturated carbocycles. The number of hydrogen-bond acceptors (Lipinski definition) is 6. The lowest BCUT2D eigenvalue weighted by Gasteiger charge is -2.29. The van der Waals surface area contributed by atoms with Crippen molar-refractivity contribution in [2.75, 3.05) is 11.9 Å². The van der Waals surface area contributed by atoms with E-state index in [0.717, 1.165) is 29.5 Å². The largest absolute Gasteiger partial charge is 0.461 e. The summed E-state index contributed by atoms with van der Waals surface area (Å²) in [5.41, 5.74) is 2.81. The minimum Gasteiger partial charge on any atom is -0.461 e. The molecule has 0 saturated heterocycles. The van der Waals surface area contributed by atoms with Gasteiger partial charge in [0.15, 0.2) is 0 Å². The van der Waals surface area contributed by atoms with Gasteiger partial charge in [-0.05, 0) is 94.0 Å². The minimum absolute atomic E-state index is 0.121. The van der Waals surface area contributed by atoms with Crippen LogP contribution in [0, 0.1) is 11.8 Å². The van der Waals surface area contributed by atoms with Crippen molar-refractivity contribution in [1.29, 1.82) is 0 Å². The summed E-state index contributed by atoms with van der Waals surface area (Å²) in [5.74, 6) is -0.665. The molecule has 3 aromatic carbocycles. The fourth-order valence-corrected chi connectivity index (χ4v) is 5.58. The maximum absolute atomic E-state index is 13.5. The molecule has 0 radical (unpaired) electrons. The van der Waals surface area contributed by atoms with Crippen LogP contribution in [-0.2, 0) is 43.3 Å². The molecule has 0 aliphatic heterocycles. The van der Waals surface area contributed by atoms with Crippen LogP contribution in [0.5, 0.6) is 0 Å². The van der Waals surface area contributed by atoms with E-state index >= 15 is 0 Å². The van der Waals surface area contributed by atoms with E-state index in [9.17, 15) is 19.2 Å². The third-order valence-electron chi connectivity index (χ3n) is 8.16. The Balaban J connectivity index is 1.28. The highest BCUT2D eigenvalue weighted by atomic mass is 16.6. The van der Waals surface area contributed by atoms with E-state index in [1.165, 1.54) is 0 Å². The predicted molar refractivity (Wildman–Crippen MR) is 181 cm³/mol. The maximum atomic E-state index is 13.5. The number of hydrogen-bond donors (Lipinski definition) is 3. The van der Waals surface area contributed by atoms with Crippen LogP contribution in [-0.4, -0.2) is 42.1 Å². The smallest absolute Gasteiger partial charge is 0.407 e. The molecule has 9 nitrogen and oxygen atoms in total. The van der Waals surface area contributed by atoms with Crippen molar-refractivity contribution in [3.63, 3.8) is 0 Å². The Morgan fingerprint density at radius 1 is 0.787 bits per heavy atom. The van der Waals surface area contributed by atoms with Gasteiger partial charge in [-0.3, -0.25) is 14.4 Å². The van der Waals surface area contributed by atoms with Gasteiger partial charge >= 0.3 is 12.1 Å². The monoisotopic (exact) mass is 641 g/mol. The van der Waals surface area contributed by atoms with E-state index in [0.29, 0.717) is 37.9 Å². The molecule has 0 heterocycles. The van der Waals surface area contributed by atoms with Crippen LogP contribution >= 0.6 is 0 Å². The Labute approximate surface area is 277 Å². The summed E-state index contributed by atoms with van der Waals surface area (Å²) >= 11 is 0. The van der Waals surface area contributed by atoms with Crippen molar-refractivity contribution >= 4 is 29.6 Å². The number of aryl methyl sites for hydroxylation is 1. The fraction of sp³-hybridized carbons (Fsp3) is 0.421. The summed E-state index contributed by atoms with van der Waals surface area (Å²) < 4.78 is 10.7. The topological polar surface area (TPSA) is 123 Å². The first-order valence-corrected chi connectivity index (χ1v) is 16.4. The molecule has 0 spiro atoms. The summed E-state index contributed by atoms with van der Waals surface area (Å²) in [5, 5.41) is 8.82. The van der Waals surface area contributed by atoms with Crippen molar-refractivity contribution in [1.82, 2.24) is 10.6 Å². The number of benzene rings is 3. The molecule has 3 aromatic rings. The first kappa shape index (κ1) is 35.2. The van der Waals surface area contributed by atoms with Gasteiger partial charge in [0.05, 0.1) is 6.42 Å². The molecular weight excluding hydrogens is 594 g/mol. The van der Waals surface area contributed by atoms with E-state index in [1.807, 2.05) is 81.4 Å². The van der Waals surface area contributed by atoms with Gasteiger partial charge in [-0.15, -0.1) is 0 Å². The molecule has 3 N–H and O–H groups in total. The summed E-state index contributed by atoms with van der Waals surface area (Å²) in [6, 6.07) is 25.7. The minimum atomic E-state index is -0.720. The molecule has 1 aliphatic rings. The van der Waals surface area contributed by atoms with Crippen molar-refractivity contribution in [3.05, 3.63) is 102 Å². The van der Waals surface area contributed by atoms with E-state index in [1.54, 1.807) is 24.3 Å². The zero-order valence-corrected chi connectivity index (χ0v) is 27.6. The number of esters is 1. The van der Waals surface area contributed by atoms with Gasteiger partial charge in [0, 0.05) is 18.2 Å². The van der Waals surface area contributed by atoms with Gasteiger partial charge in [-0.1, -0.05) is 72.8 Å². The van der Waals surface area contributed by atoms with Crippen molar-refractivity contribution < 1.29 is 28.7 Å². The van der Waals surface area contributed by atoms with Crippen molar-refractivity contribution in [2.24, 2.45) is 11.8 Å². The van der Waals surface area contributed by atoms with Crippen LogP contribution in [0.4, 0.5) is 10.5 Å². The summed E-state index contributed by atoms with van der Waals surface area (Å²) in [7, 11) is 0. The predicted octanol–water partition coefficient (Wildman–Crippen LogP) is 6.36. The maximum Gasteiger partial charge on any atom is 0.407 e. The van der Waals surface area contributed by atoms with Crippen molar-refractivity contribution in [3.8, 4) is 0 Å². The zero-order chi connectivity index (χ0) is 33.6. The normalized spacial score (nSPS) is 16.7. The Kier molecular flexibility index (Phi) is 13.0. The van der Waals surface area contributed by atoms with Crippen molar-refractivity contribution in [2.45, 2.75) is 84.0 Å². The average Bonchev–Trinajstić information content (AvgIpc) is 3.06. The molecule has 9 heteroatoms. The lowest BCUT2D eigenvalue weighted by atomic mass is 9.81. The van der Waals surface area contributed by atoms with Gasteiger partial charge in [0.2, 0.25) is 11.8 Å². The number of alkyl carbamates (subject to hydrolysis) is 1. The number of ether oxygens (including phenoxy) is 2. The Hall–Kier alpha value is -4.66. The van der Waals surface area contributed by atoms with Gasteiger partial charge in [-0.25, -0.2) is 4.79 Å². The van der Waals surface area contributed by atoms with Crippen LogP contribution in [0.1, 0.15) is 69.6 Å². The third kappa shape index (κ3) is 12.6. The number of carbonyl (C=O) groups is 4. The van der Waals surface area contributed by atoms with Crippen LogP contribution in [0.15, 0.2) is 84.9 Å². The Morgan fingerprint density at radius 2 is 1.40 bits per heavy atom. The molecule has 0 bridgehead atoms. The standard InChI is InChI=1S/C38H47N3O6/c1-38(2,3)47-37(45)39-25-29-14-19-31(20-15-29)35(43)41-33(23-18-27-10-6-4-7-11-27)36(44)40-32-21-16-28(17-22-32)24-34(42)46-26-30-12-8-5-9-13-30/h4-13,16-17,21-22,29,31,33H,14-15,18-20,23-26H2,1-3H3,(H,39,45)(H,40,44)(H,41,43)/t29?,31?,33-/m0/s1. The molecule has 3 amide bonds. The van der Waals surface area contributed by atoms with Crippen LogP contribution in [0.25, 0.3) is 0 Å². The van der Waals surface area contributed by atoms with E-state index in [4.69, 9.17) is 9.47 Å². The second kappa shape index (κ2) is 17.3. The fourth-order valence-electron chi connectivity index (χ4n) is 5.58. The van der Waals surface area contributed by atoms with E-state index in [2.05, 4.69) is 16.0 Å². The van der Waals surface area contributed by atoms with Crippen LogP contribution in [0.3, 0.4) is 0 Å². The highest BCUT2D eigenvalue weighted by Crippen LogP contribution is 2.29. The van der Waals surface area contributed by atoms with Gasteiger partial charge in [0.25, 0.3) is 0 Å². The third-order valence-corrected chi connectivity index (χ3v) is 8.16. The molecule has 4 rings (SSSR count). The number of amides is 3. The van der Waals surface area contributed by atoms with Crippen LogP contribution < -0.4 is 16.0 Å². The Morgan fingerprint density at radius 3 is 2.02 bits per heavy atom. The average molecular weight is 642 g/mol. The molecular formula is C38H47N3O6. The van der Waals surface area contributed by atoms with Gasteiger partial charge < -0.3 is 25.4 Å². The second-order valence-electron chi connectivity index (χ2n) is 13.2. The quantitative estimate of drug-likeness (QED) is 0.187. The number of anilines is 1. The first-order valence-electron chi connectivity index (χ1n) is 16.4. The highest BCUT2D eigenvalue weighted by molar-refractivity contribution is 5.97. The lowest BCUT2D eigenvalue weighted by molar-refractivity contribution is -0.144. The molecule has 0 unspecified atom stereocenters. The van der Waals surface area contributed by atoms with Gasteiger partial charge in [0.1, 0.15) is 18.2 Å². The Bertz CT molecular complexity index is 1450.